The fraction of sp³-hybridized carbons (Fsp3) is 1.00. The number of hydrogen-bond acceptors (Lipinski definition) is 0. The summed E-state index contributed by atoms with van der Waals surface area (Å²) in [6, 6.07) is 0. The Balaban J connectivity index is 2.70. The van der Waals surface area contributed by atoms with Gasteiger partial charge in [0.1, 0.15) is 0 Å². The molecule has 0 spiro atoms. The van der Waals surface area contributed by atoms with E-state index in [0.717, 1.165) is 6.83 Å². The van der Waals surface area contributed by atoms with Crippen molar-refractivity contribution in [1.82, 2.24) is 0 Å². The third-order valence-corrected chi connectivity index (χ3v) is 3.47. The molecule has 0 N–H and O–H groups in total. The molecule has 0 aliphatic carbocycles. The summed E-state index contributed by atoms with van der Waals surface area (Å²) in [7, 11) is 0. The van der Waals surface area contributed by atoms with E-state index in [-0.39, 0.29) is 0 Å². The summed E-state index contributed by atoms with van der Waals surface area (Å²) < 4.78 is 0. The van der Waals surface area contributed by atoms with Crippen LogP contribution in [-0.2, 0) is 0 Å². The van der Waals surface area contributed by atoms with Crippen LogP contribution in [0.25, 0.3) is 0 Å². The van der Waals surface area contributed by atoms with Crippen LogP contribution >= 0.6 is 6.83 Å². The van der Waals surface area contributed by atoms with Crippen LogP contribution in [0.5, 0.6) is 0 Å². The third-order valence-electron chi connectivity index (χ3n) is 1.63. The standard InChI is InChI=1S/C8H17PSe/c1-2-3-4-5-6-7-8-9-10/h2-8H2,1H3/p+1. The average molecular weight is 224 g/mol. The van der Waals surface area contributed by atoms with Crippen molar-refractivity contribution in [3.05, 3.63) is 0 Å². The zero-order chi connectivity index (χ0) is 7.66. The summed E-state index contributed by atoms with van der Waals surface area (Å²) in [6.07, 6.45) is 10.0. The van der Waals surface area contributed by atoms with Crippen LogP contribution in [0.3, 0.4) is 0 Å². The van der Waals surface area contributed by atoms with Crippen molar-refractivity contribution in [3.63, 3.8) is 0 Å². The topological polar surface area (TPSA) is 0 Å². The molecule has 60 valence electrons. The minimum atomic E-state index is 1.04. The Morgan fingerprint density at radius 1 is 1.00 bits per heavy atom. The Hall–Kier alpha value is 0.819. The Bertz CT molecular complexity index is 73.7. The van der Waals surface area contributed by atoms with E-state index in [0.29, 0.717) is 0 Å². The quantitative estimate of drug-likeness (QED) is 0.354. The van der Waals surface area contributed by atoms with Crippen molar-refractivity contribution in [1.29, 1.82) is 0 Å². The van der Waals surface area contributed by atoms with E-state index >= 15 is 0 Å². The third kappa shape index (κ3) is 8.82. The molecule has 10 heavy (non-hydrogen) atoms. The second kappa shape index (κ2) is 9.82. The second-order valence-corrected chi connectivity index (χ2v) is 5.27. The van der Waals surface area contributed by atoms with Crippen molar-refractivity contribution in [3.8, 4) is 0 Å². The molecular weight excluding hydrogens is 206 g/mol. The average Bonchev–Trinajstić information content (AvgIpc) is 1.97. The molecule has 1 unspecified atom stereocenters. The van der Waals surface area contributed by atoms with E-state index in [9.17, 15) is 0 Å². The molecule has 0 saturated heterocycles. The van der Waals surface area contributed by atoms with E-state index in [2.05, 4.69) is 22.0 Å². The van der Waals surface area contributed by atoms with Crippen molar-refractivity contribution in [2.75, 3.05) is 6.16 Å². The fourth-order valence-corrected chi connectivity index (χ4v) is 2.28. The predicted molar refractivity (Wildman–Crippen MR) is 52.3 cm³/mol. The Morgan fingerprint density at radius 3 is 2.20 bits per heavy atom. The maximum absolute atomic E-state index is 3.07. The molecule has 0 bridgehead atoms. The monoisotopic (exact) mass is 225 g/mol. The maximum atomic E-state index is 3.07. The summed E-state index contributed by atoms with van der Waals surface area (Å²) in [6.45, 7) is 3.31. The number of hydrogen-bond donors (Lipinski definition) is 0. The molecule has 0 nitrogen and oxygen atoms in total. The van der Waals surface area contributed by atoms with Gasteiger partial charge in [-0.1, -0.05) is 0 Å². The molecule has 1 atom stereocenters. The number of rotatable bonds is 7. The molecule has 0 aliphatic heterocycles. The molecule has 0 rings (SSSR count). The van der Waals surface area contributed by atoms with Gasteiger partial charge >= 0.3 is 73.5 Å². The van der Waals surface area contributed by atoms with E-state index in [4.69, 9.17) is 0 Å². The summed E-state index contributed by atoms with van der Waals surface area (Å²) in [5.41, 5.74) is 0. The van der Waals surface area contributed by atoms with Gasteiger partial charge in [0.05, 0.1) is 0 Å². The van der Waals surface area contributed by atoms with Crippen LogP contribution in [-0.4, -0.2) is 21.3 Å². The van der Waals surface area contributed by atoms with Gasteiger partial charge < -0.3 is 0 Å². The molecular formula is C8H18PSe+. The van der Waals surface area contributed by atoms with Gasteiger partial charge in [0.2, 0.25) is 0 Å². The van der Waals surface area contributed by atoms with Gasteiger partial charge in [-0.3, -0.25) is 0 Å². The molecule has 0 radical (unpaired) electrons. The summed E-state index contributed by atoms with van der Waals surface area (Å²) >= 11 is 3.07. The second-order valence-electron chi connectivity index (χ2n) is 2.66. The summed E-state index contributed by atoms with van der Waals surface area (Å²) in [5.74, 6) is 0. The SMILES string of the molecule is CCCCCCCC[PH+]=[Se]. The van der Waals surface area contributed by atoms with Gasteiger partial charge in [0.25, 0.3) is 0 Å². The van der Waals surface area contributed by atoms with Gasteiger partial charge in [-0.15, -0.1) is 0 Å². The van der Waals surface area contributed by atoms with Crippen molar-refractivity contribution < 1.29 is 0 Å². The first-order valence-corrected chi connectivity index (χ1v) is 7.95. The van der Waals surface area contributed by atoms with Gasteiger partial charge in [0, 0.05) is 0 Å². The minimum absolute atomic E-state index is 1.04. The van der Waals surface area contributed by atoms with Crippen LogP contribution < -0.4 is 0 Å². The van der Waals surface area contributed by atoms with Crippen LogP contribution in [0, 0.1) is 0 Å². The molecule has 0 heterocycles. The summed E-state index contributed by atoms with van der Waals surface area (Å²) in [4.78, 5) is 0. The van der Waals surface area contributed by atoms with Crippen LogP contribution in [0.4, 0.5) is 0 Å². The van der Waals surface area contributed by atoms with E-state index in [1.807, 2.05) is 0 Å². The van der Waals surface area contributed by atoms with Crippen LogP contribution in [0.1, 0.15) is 45.4 Å². The van der Waals surface area contributed by atoms with E-state index in [1.54, 1.807) is 0 Å². The zero-order valence-electron chi connectivity index (χ0n) is 6.86. The van der Waals surface area contributed by atoms with Crippen LogP contribution in [0.15, 0.2) is 0 Å². The molecule has 0 saturated carbocycles. The zero-order valence-corrected chi connectivity index (χ0v) is 9.57. The Kier molecular flexibility index (Phi) is 10.6. The van der Waals surface area contributed by atoms with E-state index < -0.39 is 0 Å². The van der Waals surface area contributed by atoms with Crippen LogP contribution in [0.2, 0.25) is 0 Å². The predicted octanol–water partition coefficient (Wildman–Crippen LogP) is 3.11. The molecule has 2 heteroatoms. The molecule has 0 aromatic heterocycles. The molecule has 0 amide bonds. The Labute approximate surface area is 73.8 Å². The molecule has 0 fully saturated rings. The molecule has 0 aromatic carbocycles. The van der Waals surface area contributed by atoms with Gasteiger partial charge in [-0.05, 0) is 0 Å². The van der Waals surface area contributed by atoms with Crippen molar-refractivity contribution in [2.24, 2.45) is 0 Å². The summed E-state index contributed by atoms with van der Waals surface area (Å²) in [5, 5.41) is 0. The Morgan fingerprint density at radius 2 is 1.60 bits per heavy atom. The first-order chi connectivity index (χ1) is 4.91. The number of unbranched alkanes of at least 4 members (excludes halogenated alkanes) is 5. The van der Waals surface area contributed by atoms with Gasteiger partial charge in [-0.2, -0.15) is 0 Å². The fourth-order valence-electron chi connectivity index (χ4n) is 0.977. The first kappa shape index (κ1) is 10.8. The molecule has 0 aliphatic rings. The van der Waals surface area contributed by atoms with E-state index in [1.165, 1.54) is 44.7 Å². The van der Waals surface area contributed by atoms with Gasteiger partial charge in [-0.25, -0.2) is 0 Å². The molecule has 0 aromatic rings. The van der Waals surface area contributed by atoms with Crippen molar-refractivity contribution in [2.45, 2.75) is 45.4 Å². The normalized spacial score (nSPS) is 10.5. The van der Waals surface area contributed by atoms with Gasteiger partial charge in [0.15, 0.2) is 0 Å². The van der Waals surface area contributed by atoms with Crippen molar-refractivity contribution >= 4 is 21.9 Å². The first-order valence-electron chi connectivity index (χ1n) is 4.26.